The van der Waals surface area contributed by atoms with Crippen LogP contribution in [0.25, 0.3) is 5.57 Å². The second-order valence-electron chi connectivity index (χ2n) is 4.97. The monoisotopic (exact) mass is 329 g/mol. The van der Waals surface area contributed by atoms with Crippen LogP contribution in [0, 0.1) is 0 Å². The van der Waals surface area contributed by atoms with Crippen LogP contribution in [0.3, 0.4) is 0 Å². The van der Waals surface area contributed by atoms with E-state index < -0.39 is 0 Å². The summed E-state index contributed by atoms with van der Waals surface area (Å²) in [5, 5.41) is 0.565. The molecule has 1 aromatic heterocycles. The van der Waals surface area contributed by atoms with Crippen molar-refractivity contribution in [2.24, 2.45) is 10.7 Å². The number of nitrogens with two attached hydrogens (primary N) is 1. The van der Waals surface area contributed by atoms with Gasteiger partial charge in [0.25, 0.3) is 0 Å². The fraction of sp³-hybridized carbons (Fsp3) is 0.222. The molecule has 120 valence electrons. The number of hydrogen-bond acceptors (Lipinski definition) is 4. The van der Waals surface area contributed by atoms with Crippen molar-refractivity contribution >= 4 is 22.9 Å². The number of aromatic nitrogens is 1. The first-order chi connectivity index (χ1) is 11.1. The zero-order valence-electron chi connectivity index (χ0n) is 13.5. The Labute approximate surface area is 141 Å². The summed E-state index contributed by atoms with van der Waals surface area (Å²) in [5.74, 6) is 0.737. The van der Waals surface area contributed by atoms with Gasteiger partial charge in [-0.25, -0.2) is 0 Å². The van der Waals surface area contributed by atoms with Crippen molar-refractivity contribution in [1.29, 1.82) is 0 Å². The molecule has 0 radical (unpaired) electrons. The quantitative estimate of drug-likeness (QED) is 0.860. The van der Waals surface area contributed by atoms with Gasteiger partial charge in [0.05, 0.1) is 17.9 Å². The third kappa shape index (κ3) is 3.97. The summed E-state index contributed by atoms with van der Waals surface area (Å²) >= 11 is 6.41. The molecule has 0 bridgehead atoms. The van der Waals surface area contributed by atoms with Gasteiger partial charge in [0.1, 0.15) is 5.75 Å². The summed E-state index contributed by atoms with van der Waals surface area (Å²) in [6.07, 6.45) is 13.1. The molecule has 0 fully saturated rings. The highest BCUT2D eigenvalue weighted by Crippen LogP contribution is 2.33. The molecule has 23 heavy (non-hydrogen) atoms. The normalized spacial score (nSPS) is 19.9. The lowest BCUT2D eigenvalue weighted by Crippen LogP contribution is -2.17. The molecular formula is C18H20ClN3O. The van der Waals surface area contributed by atoms with Crippen LogP contribution in [-0.2, 0) is 0 Å². The average Bonchev–Trinajstić information content (AvgIpc) is 2.54. The van der Waals surface area contributed by atoms with Crippen molar-refractivity contribution < 1.29 is 4.74 Å². The van der Waals surface area contributed by atoms with Crippen LogP contribution in [0.2, 0.25) is 0 Å². The summed E-state index contributed by atoms with van der Waals surface area (Å²) in [4.78, 5) is 8.44. The Morgan fingerprint density at radius 3 is 2.83 bits per heavy atom. The number of nitrogens with zero attached hydrogens (tertiary/aromatic N) is 2. The lowest BCUT2D eigenvalue weighted by molar-refractivity contribution is 0.413. The van der Waals surface area contributed by atoms with Gasteiger partial charge in [0.15, 0.2) is 0 Å². The number of halogens is 1. The minimum Gasteiger partial charge on any atom is -0.496 e. The number of rotatable bonds is 4. The van der Waals surface area contributed by atoms with Crippen LogP contribution in [0.15, 0.2) is 64.4 Å². The standard InChI is InChI=1S/C18H20ClN3O/c1-4-5-14(20)9-13-8-12(10-16(19)18(13)21-2)15-11-22-7-6-17(15)23-3/h4-11,14H,20H2,1-3H3/b5-4?,13-9-,21-18?. The highest BCUT2D eigenvalue weighted by molar-refractivity contribution is 6.48. The van der Waals surface area contributed by atoms with Crippen LogP contribution in [0.1, 0.15) is 12.5 Å². The van der Waals surface area contributed by atoms with Crippen molar-refractivity contribution in [2.45, 2.75) is 13.0 Å². The van der Waals surface area contributed by atoms with Gasteiger partial charge in [-0.1, -0.05) is 29.8 Å². The Bertz CT molecular complexity index is 730. The molecule has 4 nitrogen and oxygen atoms in total. The molecule has 2 rings (SSSR count). The van der Waals surface area contributed by atoms with Gasteiger partial charge in [0.2, 0.25) is 0 Å². The lowest BCUT2D eigenvalue weighted by Gasteiger charge is -2.17. The second kappa shape index (κ2) is 7.90. The summed E-state index contributed by atoms with van der Waals surface area (Å²) in [6, 6.07) is 1.61. The molecule has 0 saturated heterocycles. The Morgan fingerprint density at radius 2 is 2.17 bits per heavy atom. The molecule has 1 atom stereocenters. The molecule has 1 aliphatic rings. The lowest BCUT2D eigenvalue weighted by atomic mass is 9.94. The molecule has 2 N–H and O–H groups in total. The molecule has 1 aromatic rings. The summed E-state index contributed by atoms with van der Waals surface area (Å²) in [6.45, 7) is 1.93. The Kier molecular flexibility index (Phi) is 5.90. The second-order valence-corrected chi connectivity index (χ2v) is 5.37. The van der Waals surface area contributed by atoms with E-state index in [1.165, 1.54) is 0 Å². The minimum atomic E-state index is -0.206. The van der Waals surface area contributed by atoms with Crippen LogP contribution in [0.4, 0.5) is 0 Å². The van der Waals surface area contributed by atoms with Crippen molar-refractivity contribution in [3.63, 3.8) is 0 Å². The molecule has 1 unspecified atom stereocenters. The Hall–Kier alpha value is -2.17. The number of allylic oxidation sites excluding steroid dienone is 6. The highest BCUT2D eigenvalue weighted by Gasteiger charge is 2.18. The molecule has 0 amide bonds. The van der Waals surface area contributed by atoms with Crippen molar-refractivity contribution in [1.82, 2.24) is 4.98 Å². The third-order valence-electron chi connectivity index (χ3n) is 3.42. The van der Waals surface area contributed by atoms with E-state index >= 15 is 0 Å². The molecular weight excluding hydrogens is 310 g/mol. The summed E-state index contributed by atoms with van der Waals surface area (Å²) in [7, 11) is 3.34. The number of hydrogen-bond donors (Lipinski definition) is 1. The molecule has 1 aliphatic carbocycles. The average molecular weight is 330 g/mol. The van der Waals surface area contributed by atoms with Crippen LogP contribution in [0.5, 0.6) is 5.75 Å². The maximum absolute atomic E-state index is 6.41. The van der Waals surface area contributed by atoms with Crippen LogP contribution >= 0.6 is 11.6 Å². The smallest absolute Gasteiger partial charge is 0.129 e. The highest BCUT2D eigenvalue weighted by atomic mass is 35.5. The zero-order valence-corrected chi connectivity index (χ0v) is 14.2. The van der Waals surface area contributed by atoms with Gasteiger partial charge in [0, 0.05) is 31.0 Å². The van der Waals surface area contributed by atoms with E-state index in [1.807, 2.05) is 43.4 Å². The predicted octanol–water partition coefficient (Wildman–Crippen LogP) is 3.51. The molecule has 0 aliphatic heterocycles. The van der Waals surface area contributed by atoms with E-state index in [9.17, 15) is 0 Å². The van der Waals surface area contributed by atoms with Crippen LogP contribution in [-0.4, -0.2) is 30.9 Å². The van der Waals surface area contributed by atoms with Gasteiger partial charge in [-0.05, 0) is 36.3 Å². The maximum atomic E-state index is 6.41. The van der Waals surface area contributed by atoms with E-state index in [0.717, 1.165) is 28.2 Å². The summed E-state index contributed by atoms with van der Waals surface area (Å²) < 4.78 is 5.40. The van der Waals surface area contributed by atoms with Gasteiger partial charge in [-0.15, -0.1) is 0 Å². The van der Waals surface area contributed by atoms with Crippen molar-refractivity contribution in [2.75, 3.05) is 14.2 Å². The fourth-order valence-corrected chi connectivity index (χ4v) is 2.71. The first kappa shape index (κ1) is 17.2. The van der Waals surface area contributed by atoms with Gasteiger partial charge < -0.3 is 10.5 Å². The Balaban J connectivity index is 2.54. The van der Waals surface area contributed by atoms with Crippen molar-refractivity contribution in [3.8, 4) is 5.75 Å². The van der Waals surface area contributed by atoms with Crippen LogP contribution < -0.4 is 10.5 Å². The van der Waals surface area contributed by atoms with E-state index in [0.29, 0.717) is 5.03 Å². The minimum absolute atomic E-state index is 0.206. The number of pyridine rings is 1. The van der Waals surface area contributed by atoms with E-state index in [2.05, 4.69) is 9.98 Å². The van der Waals surface area contributed by atoms with E-state index in [1.54, 1.807) is 26.6 Å². The molecule has 0 spiro atoms. The van der Waals surface area contributed by atoms with Gasteiger partial charge in [-0.2, -0.15) is 0 Å². The van der Waals surface area contributed by atoms with Crippen molar-refractivity contribution in [3.05, 3.63) is 65.0 Å². The number of ether oxygens (including phenoxy) is 1. The Morgan fingerprint density at radius 1 is 1.39 bits per heavy atom. The fourth-order valence-electron chi connectivity index (χ4n) is 2.40. The topological polar surface area (TPSA) is 60.5 Å². The largest absolute Gasteiger partial charge is 0.496 e. The first-order valence-corrected chi connectivity index (χ1v) is 7.63. The van der Waals surface area contributed by atoms with E-state index in [-0.39, 0.29) is 6.04 Å². The zero-order chi connectivity index (χ0) is 16.8. The van der Waals surface area contributed by atoms with Gasteiger partial charge >= 0.3 is 0 Å². The maximum Gasteiger partial charge on any atom is 0.129 e. The predicted molar refractivity (Wildman–Crippen MR) is 96.9 cm³/mol. The summed E-state index contributed by atoms with van der Waals surface area (Å²) in [5.41, 5.74) is 9.45. The molecule has 1 heterocycles. The molecule has 5 heteroatoms. The van der Waals surface area contributed by atoms with Gasteiger partial charge in [-0.3, -0.25) is 9.98 Å². The number of aliphatic imine (C=N–C) groups is 1. The van der Waals surface area contributed by atoms with E-state index in [4.69, 9.17) is 22.1 Å². The number of methoxy groups -OCH3 is 1. The molecule has 0 aromatic carbocycles. The SMILES string of the molecule is CC=CC(N)/C=C1/C=C(c2cnccc2OC)C=C(Cl)C1=NC. The first-order valence-electron chi connectivity index (χ1n) is 7.25. The molecule has 0 saturated carbocycles. The third-order valence-corrected chi connectivity index (χ3v) is 3.70.